The van der Waals surface area contributed by atoms with E-state index >= 15 is 0 Å². The standard InChI is InChI=1S/C22H24O6/c1-3-25-22-19(28-21(24)17-12-8-5-9-13-17)14-18(15(2)26-22)27-20(23)16-10-6-4-7-11-16/h4-13,15,18-19,22H,3,14H2,1-2H3. The van der Waals surface area contributed by atoms with Crippen molar-refractivity contribution in [1.82, 2.24) is 0 Å². The monoisotopic (exact) mass is 384 g/mol. The van der Waals surface area contributed by atoms with Crippen molar-refractivity contribution in [3.05, 3.63) is 71.8 Å². The summed E-state index contributed by atoms with van der Waals surface area (Å²) in [6.07, 6.45) is -2.05. The molecule has 148 valence electrons. The zero-order valence-electron chi connectivity index (χ0n) is 15.9. The lowest BCUT2D eigenvalue weighted by atomic mass is 10.0. The SMILES string of the molecule is CCOC1OC(C)C(OC(=O)c2ccccc2)CC1OC(=O)c1ccccc1. The zero-order chi connectivity index (χ0) is 19.9. The molecule has 0 radical (unpaired) electrons. The molecule has 0 aliphatic carbocycles. The fourth-order valence-corrected chi connectivity index (χ4v) is 3.04. The molecular formula is C22H24O6. The van der Waals surface area contributed by atoms with Crippen LogP contribution in [0.4, 0.5) is 0 Å². The van der Waals surface area contributed by atoms with Crippen molar-refractivity contribution >= 4 is 11.9 Å². The predicted molar refractivity (Wildman–Crippen MR) is 102 cm³/mol. The Hall–Kier alpha value is -2.70. The van der Waals surface area contributed by atoms with Crippen LogP contribution in [-0.4, -0.2) is 43.1 Å². The summed E-state index contributed by atoms with van der Waals surface area (Å²) < 4.78 is 22.7. The number of hydrogen-bond donors (Lipinski definition) is 0. The minimum Gasteiger partial charge on any atom is -0.456 e. The molecule has 28 heavy (non-hydrogen) atoms. The van der Waals surface area contributed by atoms with Crippen LogP contribution in [0.25, 0.3) is 0 Å². The number of hydrogen-bond acceptors (Lipinski definition) is 6. The average Bonchev–Trinajstić information content (AvgIpc) is 2.72. The van der Waals surface area contributed by atoms with E-state index in [1.54, 1.807) is 48.5 Å². The third kappa shape index (κ3) is 4.97. The lowest BCUT2D eigenvalue weighted by Gasteiger charge is -2.38. The number of carbonyl (C=O) groups is 2. The maximum absolute atomic E-state index is 12.5. The maximum Gasteiger partial charge on any atom is 0.338 e. The minimum atomic E-state index is -0.709. The number of ether oxygens (including phenoxy) is 4. The van der Waals surface area contributed by atoms with Gasteiger partial charge in [0.2, 0.25) is 0 Å². The predicted octanol–water partition coefficient (Wildman–Crippen LogP) is 3.61. The van der Waals surface area contributed by atoms with Crippen LogP contribution in [0.2, 0.25) is 0 Å². The van der Waals surface area contributed by atoms with Gasteiger partial charge in [0.1, 0.15) is 6.10 Å². The van der Waals surface area contributed by atoms with Crippen molar-refractivity contribution < 1.29 is 28.5 Å². The lowest BCUT2D eigenvalue weighted by molar-refractivity contribution is -0.258. The largest absolute Gasteiger partial charge is 0.456 e. The molecule has 1 fully saturated rings. The Morgan fingerprint density at radius 1 is 0.893 bits per heavy atom. The van der Waals surface area contributed by atoms with E-state index in [1.807, 2.05) is 26.0 Å². The molecule has 0 bridgehead atoms. The highest BCUT2D eigenvalue weighted by molar-refractivity contribution is 5.90. The van der Waals surface area contributed by atoms with Crippen molar-refractivity contribution in [3.8, 4) is 0 Å². The minimum absolute atomic E-state index is 0.295. The van der Waals surface area contributed by atoms with Gasteiger partial charge < -0.3 is 18.9 Å². The fraction of sp³-hybridized carbons (Fsp3) is 0.364. The van der Waals surface area contributed by atoms with Crippen LogP contribution < -0.4 is 0 Å². The van der Waals surface area contributed by atoms with Gasteiger partial charge in [0.25, 0.3) is 0 Å². The molecule has 0 amide bonds. The molecule has 0 aromatic heterocycles. The van der Waals surface area contributed by atoms with Gasteiger partial charge in [-0.2, -0.15) is 0 Å². The van der Waals surface area contributed by atoms with Gasteiger partial charge in [0.05, 0.1) is 17.2 Å². The molecule has 1 saturated heterocycles. The third-order valence-electron chi connectivity index (χ3n) is 4.51. The maximum atomic E-state index is 12.5. The van der Waals surface area contributed by atoms with Crippen LogP contribution in [0, 0.1) is 0 Å². The fourth-order valence-electron chi connectivity index (χ4n) is 3.04. The molecule has 3 rings (SSSR count). The molecule has 2 aromatic carbocycles. The molecule has 2 aromatic rings. The van der Waals surface area contributed by atoms with E-state index in [-0.39, 0.29) is 0 Å². The van der Waals surface area contributed by atoms with Crippen LogP contribution in [0.1, 0.15) is 41.0 Å². The number of rotatable bonds is 6. The van der Waals surface area contributed by atoms with Gasteiger partial charge in [-0.05, 0) is 38.1 Å². The Morgan fingerprint density at radius 2 is 1.39 bits per heavy atom. The molecular weight excluding hydrogens is 360 g/mol. The van der Waals surface area contributed by atoms with E-state index < -0.39 is 36.5 Å². The highest BCUT2D eigenvalue weighted by atomic mass is 16.7. The van der Waals surface area contributed by atoms with E-state index in [2.05, 4.69) is 0 Å². The molecule has 6 nitrogen and oxygen atoms in total. The zero-order valence-corrected chi connectivity index (χ0v) is 15.9. The summed E-state index contributed by atoms with van der Waals surface area (Å²) in [6.45, 7) is 4.06. The van der Waals surface area contributed by atoms with Crippen molar-refractivity contribution in [1.29, 1.82) is 0 Å². The smallest absolute Gasteiger partial charge is 0.338 e. The first-order chi connectivity index (χ1) is 13.6. The van der Waals surface area contributed by atoms with Gasteiger partial charge in [-0.25, -0.2) is 9.59 Å². The lowest BCUT2D eigenvalue weighted by Crippen LogP contribution is -2.50. The van der Waals surface area contributed by atoms with Crippen LogP contribution in [0.15, 0.2) is 60.7 Å². The van der Waals surface area contributed by atoms with E-state index in [9.17, 15) is 9.59 Å². The first kappa shape index (κ1) is 20.0. The quantitative estimate of drug-likeness (QED) is 0.709. The topological polar surface area (TPSA) is 71.1 Å². The molecule has 0 spiro atoms. The Balaban J connectivity index is 1.70. The number of esters is 2. The van der Waals surface area contributed by atoms with Crippen LogP contribution in [0.3, 0.4) is 0 Å². The molecule has 4 atom stereocenters. The summed E-state index contributed by atoms with van der Waals surface area (Å²) in [5.74, 6) is -0.911. The molecule has 6 heteroatoms. The van der Waals surface area contributed by atoms with Gasteiger partial charge in [-0.15, -0.1) is 0 Å². The first-order valence-electron chi connectivity index (χ1n) is 9.37. The highest BCUT2D eigenvalue weighted by Gasteiger charge is 2.41. The molecule has 0 N–H and O–H groups in total. The van der Waals surface area contributed by atoms with Gasteiger partial charge in [-0.3, -0.25) is 0 Å². The van der Waals surface area contributed by atoms with E-state index in [0.29, 0.717) is 24.2 Å². The first-order valence-corrected chi connectivity index (χ1v) is 9.37. The van der Waals surface area contributed by atoms with E-state index in [1.165, 1.54) is 0 Å². The molecule has 0 saturated carbocycles. The molecule has 1 aliphatic rings. The van der Waals surface area contributed by atoms with Crippen molar-refractivity contribution in [2.75, 3.05) is 6.61 Å². The molecule has 4 unspecified atom stereocenters. The molecule has 1 heterocycles. The summed E-state index contributed by atoms with van der Waals surface area (Å²) in [5, 5.41) is 0. The summed E-state index contributed by atoms with van der Waals surface area (Å²) in [5.41, 5.74) is 0.897. The Labute approximate surface area is 164 Å². The van der Waals surface area contributed by atoms with Gasteiger partial charge >= 0.3 is 11.9 Å². The summed E-state index contributed by atoms with van der Waals surface area (Å²) in [7, 11) is 0. The second-order valence-electron chi connectivity index (χ2n) is 6.52. The number of carbonyl (C=O) groups excluding carboxylic acids is 2. The van der Waals surface area contributed by atoms with E-state index in [0.717, 1.165) is 0 Å². The number of benzene rings is 2. The second kappa shape index (κ2) is 9.48. The molecule has 1 aliphatic heterocycles. The normalized spacial score (nSPS) is 24.4. The average molecular weight is 384 g/mol. The van der Waals surface area contributed by atoms with Crippen molar-refractivity contribution in [2.24, 2.45) is 0 Å². The van der Waals surface area contributed by atoms with E-state index in [4.69, 9.17) is 18.9 Å². The van der Waals surface area contributed by atoms with Crippen LogP contribution in [0.5, 0.6) is 0 Å². The Bertz CT molecular complexity index is 776. The second-order valence-corrected chi connectivity index (χ2v) is 6.52. The van der Waals surface area contributed by atoms with Crippen molar-refractivity contribution in [2.45, 2.75) is 44.9 Å². The third-order valence-corrected chi connectivity index (χ3v) is 4.51. The summed E-state index contributed by atoms with van der Waals surface area (Å²) in [4.78, 5) is 24.9. The van der Waals surface area contributed by atoms with Crippen molar-refractivity contribution in [3.63, 3.8) is 0 Å². The van der Waals surface area contributed by atoms with Gasteiger partial charge in [-0.1, -0.05) is 36.4 Å². The van der Waals surface area contributed by atoms with Crippen LogP contribution in [-0.2, 0) is 18.9 Å². The Morgan fingerprint density at radius 3 is 1.89 bits per heavy atom. The van der Waals surface area contributed by atoms with Crippen LogP contribution >= 0.6 is 0 Å². The summed E-state index contributed by atoms with van der Waals surface area (Å²) >= 11 is 0. The Kier molecular flexibility index (Phi) is 6.79. The van der Waals surface area contributed by atoms with Gasteiger partial charge in [0.15, 0.2) is 12.4 Å². The summed E-state index contributed by atoms with van der Waals surface area (Å²) in [6, 6.07) is 17.5. The van der Waals surface area contributed by atoms with Gasteiger partial charge in [0, 0.05) is 13.0 Å². The highest BCUT2D eigenvalue weighted by Crippen LogP contribution is 2.27.